The third-order valence-corrected chi connectivity index (χ3v) is 2.80. The molecule has 0 aliphatic heterocycles. The summed E-state index contributed by atoms with van der Waals surface area (Å²) in [5, 5.41) is 6.30. The van der Waals surface area contributed by atoms with Crippen molar-refractivity contribution >= 4 is 22.9 Å². The molecular formula is C9H9ClN2OS. The van der Waals surface area contributed by atoms with Gasteiger partial charge >= 0.3 is 0 Å². The molecule has 0 amide bonds. The van der Waals surface area contributed by atoms with E-state index >= 15 is 0 Å². The van der Waals surface area contributed by atoms with Crippen LogP contribution in [0.3, 0.4) is 0 Å². The summed E-state index contributed by atoms with van der Waals surface area (Å²) in [6, 6.07) is 3.54. The second-order valence-corrected chi connectivity index (χ2v) is 4.01. The van der Waals surface area contributed by atoms with Crippen molar-refractivity contribution in [1.82, 2.24) is 10.3 Å². The zero-order valence-electron chi connectivity index (χ0n) is 7.58. The zero-order chi connectivity index (χ0) is 9.97. The molecule has 0 saturated carbocycles. The smallest absolute Gasteiger partial charge is 0.194 e. The Morgan fingerprint density at radius 2 is 2.43 bits per heavy atom. The molecule has 2 aromatic heterocycles. The highest BCUT2D eigenvalue weighted by Crippen LogP contribution is 2.27. The molecule has 0 atom stereocenters. The number of thiazole rings is 1. The van der Waals surface area contributed by atoms with E-state index in [1.807, 2.05) is 18.5 Å². The van der Waals surface area contributed by atoms with Crippen molar-refractivity contribution in [3.63, 3.8) is 0 Å². The standard InChI is InChI=1S/C9H9ClN2OS/c1-11-4-6-5-14-9(12-6)7-2-3-8(10)13-7/h2-3,5,11H,4H2,1H3. The first-order valence-corrected chi connectivity index (χ1v) is 5.40. The van der Waals surface area contributed by atoms with E-state index in [-0.39, 0.29) is 0 Å². The number of nitrogens with one attached hydrogen (secondary N) is 1. The van der Waals surface area contributed by atoms with Gasteiger partial charge in [-0.2, -0.15) is 0 Å². The van der Waals surface area contributed by atoms with Gasteiger partial charge in [0.2, 0.25) is 0 Å². The van der Waals surface area contributed by atoms with Crippen LogP contribution in [0.1, 0.15) is 5.69 Å². The molecule has 0 unspecified atom stereocenters. The van der Waals surface area contributed by atoms with Crippen LogP contribution in [-0.2, 0) is 6.54 Å². The van der Waals surface area contributed by atoms with Crippen LogP contribution in [0.5, 0.6) is 0 Å². The second kappa shape index (κ2) is 4.13. The molecule has 2 heterocycles. The summed E-state index contributed by atoms with van der Waals surface area (Å²) in [7, 11) is 1.89. The molecular weight excluding hydrogens is 220 g/mol. The van der Waals surface area contributed by atoms with Crippen molar-refractivity contribution in [1.29, 1.82) is 0 Å². The molecule has 2 aromatic rings. The minimum Gasteiger partial charge on any atom is -0.442 e. The van der Waals surface area contributed by atoms with Crippen LogP contribution in [0.2, 0.25) is 5.22 Å². The van der Waals surface area contributed by atoms with Crippen LogP contribution in [0.15, 0.2) is 21.9 Å². The number of nitrogens with zero attached hydrogens (tertiary/aromatic N) is 1. The van der Waals surface area contributed by atoms with E-state index in [1.165, 1.54) is 0 Å². The lowest BCUT2D eigenvalue weighted by molar-refractivity contribution is 0.583. The van der Waals surface area contributed by atoms with E-state index < -0.39 is 0 Å². The fraction of sp³-hybridized carbons (Fsp3) is 0.222. The summed E-state index contributed by atoms with van der Waals surface area (Å²) < 4.78 is 5.25. The molecule has 74 valence electrons. The average Bonchev–Trinajstić information content (AvgIpc) is 2.74. The molecule has 0 aliphatic carbocycles. The van der Waals surface area contributed by atoms with E-state index in [2.05, 4.69) is 10.3 Å². The van der Waals surface area contributed by atoms with Gasteiger partial charge in [0.25, 0.3) is 0 Å². The van der Waals surface area contributed by atoms with E-state index in [0.717, 1.165) is 23.0 Å². The molecule has 1 N–H and O–H groups in total. The summed E-state index contributed by atoms with van der Waals surface area (Å²) in [5.74, 6) is 0.724. The van der Waals surface area contributed by atoms with Crippen molar-refractivity contribution < 1.29 is 4.42 Å². The van der Waals surface area contributed by atoms with Crippen LogP contribution in [-0.4, -0.2) is 12.0 Å². The van der Waals surface area contributed by atoms with Crippen LogP contribution in [0, 0.1) is 0 Å². The van der Waals surface area contributed by atoms with E-state index in [9.17, 15) is 0 Å². The van der Waals surface area contributed by atoms with Crippen molar-refractivity contribution in [2.24, 2.45) is 0 Å². The van der Waals surface area contributed by atoms with E-state index in [0.29, 0.717) is 5.22 Å². The molecule has 0 aromatic carbocycles. The lowest BCUT2D eigenvalue weighted by Gasteiger charge is -1.91. The quantitative estimate of drug-likeness (QED) is 0.878. The fourth-order valence-corrected chi connectivity index (χ4v) is 2.04. The normalized spacial score (nSPS) is 10.7. The summed E-state index contributed by atoms with van der Waals surface area (Å²) in [6.07, 6.45) is 0. The van der Waals surface area contributed by atoms with Crippen molar-refractivity contribution in [2.45, 2.75) is 6.54 Å². The van der Waals surface area contributed by atoms with E-state index in [4.69, 9.17) is 16.0 Å². The second-order valence-electron chi connectivity index (χ2n) is 2.78. The topological polar surface area (TPSA) is 38.1 Å². The summed E-state index contributed by atoms with van der Waals surface area (Å²) in [5.41, 5.74) is 1.01. The number of rotatable bonds is 3. The first kappa shape index (κ1) is 9.71. The van der Waals surface area contributed by atoms with Gasteiger partial charge in [0.15, 0.2) is 16.0 Å². The molecule has 0 spiro atoms. The maximum atomic E-state index is 5.68. The SMILES string of the molecule is CNCc1csc(-c2ccc(Cl)o2)n1. The Morgan fingerprint density at radius 1 is 1.57 bits per heavy atom. The first-order chi connectivity index (χ1) is 6.79. The van der Waals surface area contributed by atoms with Crippen molar-refractivity contribution in [2.75, 3.05) is 7.05 Å². The number of aromatic nitrogens is 1. The Labute approximate surface area is 90.7 Å². The van der Waals surface area contributed by atoms with Crippen LogP contribution in [0.4, 0.5) is 0 Å². The Morgan fingerprint density at radius 3 is 3.07 bits per heavy atom. The third-order valence-electron chi connectivity index (χ3n) is 1.69. The number of hydrogen-bond acceptors (Lipinski definition) is 4. The molecule has 0 saturated heterocycles. The van der Waals surface area contributed by atoms with Gasteiger partial charge in [0.05, 0.1) is 5.69 Å². The molecule has 3 nitrogen and oxygen atoms in total. The monoisotopic (exact) mass is 228 g/mol. The summed E-state index contributed by atoms with van der Waals surface area (Å²) in [6.45, 7) is 0.769. The maximum absolute atomic E-state index is 5.68. The van der Waals surface area contributed by atoms with Crippen LogP contribution < -0.4 is 5.32 Å². The third kappa shape index (κ3) is 1.97. The largest absolute Gasteiger partial charge is 0.442 e. The van der Waals surface area contributed by atoms with Crippen molar-refractivity contribution in [3.05, 3.63) is 28.4 Å². The molecule has 0 bridgehead atoms. The van der Waals surface area contributed by atoms with Gasteiger partial charge in [-0.25, -0.2) is 4.98 Å². The average molecular weight is 229 g/mol. The number of halogens is 1. The van der Waals surface area contributed by atoms with Gasteiger partial charge < -0.3 is 9.73 Å². The molecule has 2 rings (SSSR count). The highest BCUT2D eigenvalue weighted by Gasteiger charge is 2.07. The molecule has 0 radical (unpaired) electrons. The lowest BCUT2D eigenvalue weighted by Crippen LogP contribution is -2.04. The van der Waals surface area contributed by atoms with Crippen LogP contribution >= 0.6 is 22.9 Å². The number of hydrogen-bond donors (Lipinski definition) is 1. The Bertz CT molecular complexity index is 424. The minimum atomic E-state index is 0.394. The van der Waals surface area contributed by atoms with Gasteiger partial charge in [-0.3, -0.25) is 0 Å². The first-order valence-electron chi connectivity index (χ1n) is 4.14. The molecule has 0 aliphatic rings. The van der Waals surface area contributed by atoms with Crippen LogP contribution in [0.25, 0.3) is 10.8 Å². The van der Waals surface area contributed by atoms with Gasteiger partial charge in [-0.15, -0.1) is 11.3 Å². The fourth-order valence-electron chi connectivity index (χ4n) is 1.11. The zero-order valence-corrected chi connectivity index (χ0v) is 9.15. The van der Waals surface area contributed by atoms with Gasteiger partial charge in [0, 0.05) is 11.9 Å². The molecule has 0 fully saturated rings. The van der Waals surface area contributed by atoms with Gasteiger partial charge in [-0.1, -0.05) is 0 Å². The summed E-state index contributed by atoms with van der Waals surface area (Å²) >= 11 is 7.23. The van der Waals surface area contributed by atoms with Gasteiger partial charge in [-0.05, 0) is 30.8 Å². The van der Waals surface area contributed by atoms with E-state index in [1.54, 1.807) is 17.4 Å². The number of furan rings is 1. The van der Waals surface area contributed by atoms with Gasteiger partial charge in [0.1, 0.15) is 0 Å². The molecule has 5 heteroatoms. The maximum Gasteiger partial charge on any atom is 0.194 e. The predicted molar refractivity (Wildman–Crippen MR) is 57.6 cm³/mol. The highest BCUT2D eigenvalue weighted by molar-refractivity contribution is 7.13. The lowest BCUT2D eigenvalue weighted by atomic mass is 10.4. The minimum absolute atomic E-state index is 0.394. The Balaban J connectivity index is 2.24. The predicted octanol–water partition coefficient (Wildman–Crippen LogP) is 2.78. The Kier molecular flexibility index (Phi) is 2.86. The highest BCUT2D eigenvalue weighted by atomic mass is 35.5. The Hall–Kier alpha value is -0.840. The summed E-state index contributed by atoms with van der Waals surface area (Å²) in [4.78, 5) is 4.39. The molecule has 14 heavy (non-hydrogen) atoms. The van der Waals surface area contributed by atoms with Crippen molar-refractivity contribution in [3.8, 4) is 10.8 Å².